The van der Waals surface area contributed by atoms with E-state index in [-0.39, 0.29) is 0 Å². The zero-order valence-corrected chi connectivity index (χ0v) is 11.1. The Balaban J connectivity index is 2.02. The van der Waals surface area contributed by atoms with Gasteiger partial charge in [-0.2, -0.15) is 0 Å². The zero-order valence-electron chi connectivity index (χ0n) is 11.1. The SMILES string of the molecule is Cc1nc2ncnc(N3C[C@H](C)C[C@@H](C)C3)c2[nH]1. The van der Waals surface area contributed by atoms with Crippen LogP contribution in [0.4, 0.5) is 5.82 Å². The zero-order chi connectivity index (χ0) is 12.7. The third-order valence-corrected chi connectivity index (χ3v) is 3.56. The summed E-state index contributed by atoms with van der Waals surface area (Å²) in [4.78, 5) is 18.7. The van der Waals surface area contributed by atoms with Gasteiger partial charge in [0.1, 0.15) is 17.7 Å². The van der Waals surface area contributed by atoms with Gasteiger partial charge < -0.3 is 9.88 Å². The van der Waals surface area contributed by atoms with Crippen LogP contribution in [-0.4, -0.2) is 33.0 Å². The molecule has 1 fully saturated rings. The smallest absolute Gasteiger partial charge is 0.183 e. The van der Waals surface area contributed by atoms with Gasteiger partial charge in [0.15, 0.2) is 11.5 Å². The summed E-state index contributed by atoms with van der Waals surface area (Å²) in [6.07, 6.45) is 2.91. The maximum Gasteiger partial charge on any atom is 0.183 e. The highest BCUT2D eigenvalue weighted by molar-refractivity contribution is 5.83. The van der Waals surface area contributed by atoms with Gasteiger partial charge in [-0.3, -0.25) is 0 Å². The summed E-state index contributed by atoms with van der Waals surface area (Å²) in [7, 11) is 0. The fourth-order valence-corrected chi connectivity index (χ4v) is 3.01. The van der Waals surface area contributed by atoms with E-state index in [1.54, 1.807) is 6.33 Å². The molecule has 0 unspecified atom stereocenters. The number of aryl methyl sites for hydroxylation is 1. The van der Waals surface area contributed by atoms with E-state index in [9.17, 15) is 0 Å². The van der Waals surface area contributed by atoms with Gasteiger partial charge >= 0.3 is 0 Å². The Morgan fingerprint density at radius 1 is 1.22 bits per heavy atom. The summed E-state index contributed by atoms with van der Waals surface area (Å²) in [5.41, 5.74) is 1.74. The lowest BCUT2D eigenvalue weighted by molar-refractivity contribution is 0.355. The number of nitrogens with one attached hydrogen (secondary N) is 1. The molecule has 2 aromatic rings. The van der Waals surface area contributed by atoms with Crippen LogP contribution < -0.4 is 4.90 Å². The highest BCUT2D eigenvalue weighted by Gasteiger charge is 2.24. The van der Waals surface area contributed by atoms with Gasteiger partial charge in [0, 0.05) is 13.1 Å². The Bertz CT molecular complexity index is 552. The molecule has 1 N–H and O–H groups in total. The molecule has 0 saturated carbocycles. The molecule has 18 heavy (non-hydrogen) atoms. The van der Waals surface area contributed by atoms with E-state index in [4.69, 9.17) is 0 Å². The van der Waals surface area contributed by atoms with E-state index in [0.717, 1.165) is 35.9 Å². The van der Waals surface area contributed by atoms with E-state index >= 15 is 0 Å². The first kappa shape index (κ1) is 11.4. The van der Waals surface area contributed by atoms with E-state index in [1.807, 2.05) is 6.92 Å². The summed E-state index contributed by atoms with van der Waals surface area (Å²) in [6.45, 7) is 8.69. The second kappa shape index (κ2) is 4.23. The molecule has 0 aromatic carbocycles. The molecular weight excluding hydrogens is 226 g/mol. The summed E-state index contributed by atoms with van der Waals surface area (Å²) in [6, 6.07) is 0. The molecule has 0 aliphatic carbocycles. The summed E-state index contributed by atoms with van der Waals surface area (Å²) >= 11 is 0. The van der Waals surface area contributed by atoms with Gasteiger partial charge in [-0.1, -0.05) is 13.8 Å². The number of aromatic amines is 1. The number of rotatable bonds is 1. The van der Waals surface area contributed by atoms with Crippen molar-refractivity contribution in [3.63, 3.8) is 0 Å². The molecule has 3 rings (SSSR count). The third-order valence-electron chi connectivity index (χ3n) is 3.56. The molecule has 1 saturated heterocycles. The average Bonchev–Trinajstić information content (AvgIpc) is 2.67. The van der Waals surface area contributed by atoms with Gasteiger partial charge in [-0.05, 0) is 25.2 Å². The standard InChI is InChI=1S/C13H19N5/c1-8-4-9(2)6-18(5-8)13-11-12(14-7-15-13)17-10(3)16-11/h7-9H,4-6H2,1-3H3,(H,14,15,16,17)/t8-,9-/m1/s1. The lowest BCUT2D eigenvalue weighted by Gasteiger charge is -2.35. The van der Waals surface area contributed by atoms with Crippen LogP contribution in [0, 0.1) is 18.8 Å². The van der Waals surface area contributed by atoms with Crippen molar-refractivity contribution in [2.24, 2.45) is 11.8 Å². The summed E-state index contributed by atoms with van der Waals surface area (Å²) in [5.74, 6) is 3.31. The van der Waals surface area contributed by atoms with E-state index < -0.39 is 0 Å². The van der Waals surface area contributed by atoms with Gasteiger partial charge in [0.05, 0.1) is 0 Å². The Labute approximate surface area is 107 Å². The van der Waals surface area contributed by atoms with Crippen LogP contribution in [0.1, 0.15) is 26.1 Å². The molecule has 0 bridgehead atoms. The molecule has 3 heterocycles. The van der Waals surface area contributed by atoms with Crippen LogP contribution in [-0.2, 0) is 0 Å². The fourth-order valence-electron chi connectivity index (χ4n) is 3.01. The lowest BCUT2D eigenvalue weighted by Crippen LogP contribution is -2.39. The van der Waals surface area contributed by atoms with Crippen molar-refractivity contribution >= 4 is 17.0 Å². The molecule has 96 valence electrons. The van der Waals surface area contributed by atoms with E-state index in [0.29, 0.717) is 11.8 Å². The van der Waals surface area contributed by atoms with Crippen molar-refractivity contribution in [1.82, 2.24) is 19.9 Å². The van der Waals surface area contributed by atoms with Crippen LogP contribution in [0.15, 0.2) is 6.33 Å². The topological polar surface area (TPSA) is 57.7 Å². The quantitative estimate of drug-likeness (QED) is 0.836. The lowest BCUT2D eigenvalue weighted by atomic mass is 9.92. The van der Waals surface area contributed by atoms with E-state index in [1.165, 1.54) is 6.42 Å². The maximum absolute atomic E-state index is 4.46. The summed E-state index contributed by atoms with van der Waals surface area (Å²) < 4.78 is 0. The van der Waals surface area contributed by atoms with Crippen LogP contribution in [0.2, 0.25) is 0 Å². The Morgan fingerprint density at radius 2 is 1.94 bits per heavy atom. The first-order chi connectivity index (χ1) is 8.63. The molecular formula is C13H19N5. The van der Waals surface area contributed by atoms with Crippen molar-refractivity contribution in [2.75, 3.05) is 18.0 Å². The molecule has 0 radical (unpaired) electrons. The minimum atomic E-state index is 0.711. The molecule has 0 spiro atoms. The Kier molecular flexibility index (Phi) is 2.69. The van der Waals surface area contributed by atoms with Gasteiger partial charge in [-0.15, -0.1) is 0 Å². The Hall–Kier alpha value is -1.65. The largest absolute Gasteiger partial charge is 0.354 e. The molecule has 1 aliphatic rings. The molecule has 1 aliphatic heterocycles. The number of anilines is 1. The monoisotopic (exact) mass is 245 g/mol. The number of hydrogen-bond acceptors (Lipinski definition) is 4. The second-order valence-corrected chi connectivity index (χ2v) is 5.57. The molecule has 2 aromatic heterocycles. The first-order valence-corrected chi connectivity index (χ1v) is 6.55. The normalized spacial score (nSPS) is 24.7. The van der Waals surface area contributed by atoms with Crippen molar-refractivity contribution < 1.29 is 0 Å². The highest BCUT2D eigenvalue weighted by Crippen LogP contribution is 2.28. The average molecular weight is 245 g/mol. The molecule has 5 heteroatoms. The van der Waals surface area contributed by atoms with Gasteiger partial charge in [0.25, 0.3) is 0 Å². The Morgan fingerprint density at radius 3 is 2.67 bits per heavy atom. The van der Waals surface area contributed by atoms with E-state index in [2.05, 4.69) is 38.7 Å². The summed E-state index contributed by atoms with van der Waals surface area (Å²) in [5, 5.41) is 0. The number of hydrogen-bond donors (Lipinski definition) is 1. The number of aromatic nitrogens is 4. The maximum atomic E-state index is 4.46. The number of imidazole rings is 1. The van der Waals surface area contributed by atoms with Crippen LogP contribution in [0.5, 0.6) is 0 Å². The fraction of sp³-hybridized carbons (Fsp3) is 0.615. The highest BCUT2D eigenvalue weighted by atomic mass is 15.2. The number of piperidine rings is 1. The van der Waals surface area contributed by atoms with Crippen molar-refractivity contribution in [3.8, 4) is 0 Å². The molecule has 5 nitrogen and oxygen atoms in total. The van der Waals surface area contributed by atoms with Crippen LogP contribution in [0.3, 0.4) is 0 Å². The molecule has 2 atom stereocenters. The first-order valence-electron chi connectivity index (χ1n) is 6.55. The van der Waals surface area contributed by atoms with Gasteiger partial charge in [0.2, 0.25) is 0 Å². The number of fused-ring (bicyclic) bond motifs is 1. The second-order valence-electron chi connectivity index (χ2n) is 5.57. The van der Waals surface area contributed by atoms with Crippen molar-refractivity contribution in [3.05, 3.63) is 12.2 Å². The third kappa shape index (κ3) is 1.94. The number of H-pyrrole nitrogens is 1. The predicted octanol–water partition coefficient (Wildman–Crippen LogP) is 2.14. The minimum Gasteiger partial charge on any atom is -0.354 e. The number of nitrogens with zero attached hydrogens (tertiary/aromatic N) is 4. The predicted molar refractivity (Wildman–Crippen MR) is 71.6 cm³/mol. The van der Waals surface area contributed by atoms with Crippen molar-refractivity contribution in [2.45, 2.75) is 27.2 Å². The van der Waals surface area contributed by atoms with Crippen LogP contribution >= 0.6 is 0 Å². The van der Waals surface area contributed by atoms with Crippen LogP contribution in [0.25, 0.3) is 11.2 Å². The minimum absolute atomic E-state index is 0.711. The van der Waals surface area contributed by atoms with Crippen molar-refractivity contribution in [1.29, 1.82) is 0 Å². The van der Waals surface area contributed by atoms with Gasteiger partial charge in [-0.25, -0.2) is 15.0 Å². The molecule has 0 amide bonds.